The van der Waals surface area contributed by atoms with Gasteiger partial charge >= 0.3 is 0 Å². The lowest BCUT2D eigenvalue weighted by Crippen LogP contribution is -2.20. The Bertz CT molecular complexity index is 797. The highest BCUT2D eigenvalue weighted by molar-refractivity contribution is 5.82. The molecule has 25 heavy (non-hydrogen) atoms. The van der Waals surface area contributed by atoms with Gasteiger partial charge in [0.15, 0.2) is 0 Å². The molecule has 3 aromatic rings. The summed E-state index contributed by atoms with van der Waals surface area (Å²) >= 11 is 0. The molecule has 0 fully saturated rings. The molecule has 0 aliphatic rings. The van der Waals surface area contributed by atoms with Crippen LogP contribution in [0.3, 0.4) is 0 Å². The maximum absolute atomic E-state index is 4.48. The van der Waals surface area contributed by atoms with E-state index in [-0.39, 0.29) is 5.41 Å². The Hall–Kier alpha value is -2.61. The number of aromatic nitrogens is 1. The van der Waals surface area contributed by atoms with E-state index in [2.05, 4.69) is 74.4 Å². The zero-order valence-electron chi connectivity index (χ0n) is 15.9. The molecule has 0 bridgehead atoms. The van der Waals surface area contributed by atoms with Gasteiger partial charge in [0.1, 0.15) is 0 Å². The summed E-state index contributed by atoms with van der Waals surface area (Å²) in [6.45, 7) is 10.7. The second kappa shape index (κ2) is 8.48. The molecule has 2 aromatic carbocycles. The SMILES string of the molecule is CC.Cc1c(/C=N/n2cccc2)cccc1C(C)(C)c1ccccc1. The molecule has 0 saturated carbocycles. The summed E-state index contributed by atoms with van der Waals surface area (Å²) in [5.74, 6) is 0. The molecule has 130 valence electrons. The second-order valence-corrected chi connectivity index (χ2v) is 6.32. The monoisotopic (exact) mass is 332 g/mol. The van der Waals surface area contributed by atoms with Gasteiger partial charge < -0.3 is 0 Å². The number of hydrogen-bond donors (Lipinski definition) is 0. The van der Waals surface area contributed by atoms with Gasteiger partial charge in [-0.15, -0.1) is 0 Å². The van der Waals surface area contributed by atoms with Crippen LogP contribution in [0.2, 0.25) is 0 Å². The Morgan fingerprint density at radius 1 is 0.840 bits per heavy atom. The van der Waals surface area contributed by atoms with Gasteiger partial charge in [0, 0.05) is 17.8 Å². The Morgan fingerprint density at radius 3 is 2.12 bits per heavy atom. The fraction of sp³-hybridized carbons (Fsp3) is 0.261. The lowest BCUT2D eigenvalue weighted by molar-refractivity contribution is 0.636. The number of benzene rings is 2. The predicted octanol–water partition coefficient (Wildman–Crippen LogP) is 6.03. The van der Waals surface area contributed by atoms with Crippen molar-refractivity contribution in [3.63, 3.8) is 0 Å². The van der Waals surface area contributed by atoms with Crippen LogP contribution < -0.4 is 0 Å². The Labute approximate surface area is 151 Å². The van der Waals surface area contributed by atoms with Gasteiger partial charge in [-0.05, 0) is 41.3 Å². The van der Waals surface area contributed by atoms with Gasteiger partial charge in [-0.1, -0.05) is 76.2 Å². The van der Waals surface area contributed by atoms with E-state index in [1.807, 2.05) is 49.3 Å². The summed E-state index contributed by atoms with van der Waals surface area (Å²) in [6.07, 6.45) is 5.80. The summed E-state index contributed by atoms with van der Waals surface area (Å²) in [7, 11) is 0. The topological polar surface area (TPSA) is 17.3 Å². The second-order valence-electron chi connectivity index (χ2n) is 6.32. The lowest BCUT2D eigenvalue weighted by Gasteiger charge is -2.28. The molecule has 1 aromatic heterocycles. The fourth-order valence-corrected chi connectivity index (χ4v) is 3.01. The highest BCUT2D eigenvalue weighted by atomic mass is 15.3. The molecular weight excluding hydrogens is 304 g/mol. The zero-order valence-corrected chi connectivity index (χ0v) is 15.9. The normalized spacial score (nSPS) is 11.2. The Balaban J connectivity index is 0.00000109. The van der Waals surface area contributed by atoms with Crippen LogP contribution in [0.4, 0.5) is 0 Å². The highest BCUT2D eigenvalue weighted by Gasteiger charge is 2.25. The zero-order chi connectivity index (χ0) is 18.3. The van der Waals surface area contributed by atoms with E-state index in [9.17, 15) is 0 Å². The summed E-state index contributed by atoms with van der Waals surface area (Å²) < 4.78 is 1.81. The average molecular weight is 332 g/mol. The molecule has 0 aliphatic heterocycles. The molecule has 0 atom stereocenters. The van der Waals surface area contributed by atoms with Crippen molar-refractivity contribution in [2.24, 2.45) is 5.10 Å². The Kier molecular flexibility index (Phi) is 6.35. The van der Waals surface area contributed by atoms with Crippen LogP contribution >= 0.6 is 0 Å². The summed E-state index contributed by atoms with van der Waals surface area (Å²) in [5, 5.41) is 4.48. The quantitative estimate of drug-likeness (QED) is 0.519. The van der Waals surface area contributed by atoms with E-state index >= 15 is 0 Å². The molecular formula is C23H28N2. The highest BCUT2D eigenvalue weighted by Crippen LogP contribution is 2.34. The smallest absolute Gasteiger partial charge is 0.0553 e. The van der Waals surface area contributed by atoms with Crippen molar-refractivity contribution in [2.75, 3.05) is 0 Å². The molecule has 1 heterocycles. The van der Waals surface area contributed by atoms with Crippen LogP contribution in [0.25, 0.3) is 0 Å². The van der Waals surface area contributed by atoms with Crippen LogP contribution in [-0.4, -0.2) is 10.9 Å². The molecule has 0 aliphatic carbocycles. The minimum Gasteiger partial charge on any atom is -0.248 e. The minimum absolute atomic E-state index is 0.0390. The maximum atomic E-state index is 4.48. The van der Waals surface area contributed by atoms with Gasteiger partial charge in [0.05, 0.1) is 6.21 Å². The summed E-state index contributed by atoms with van der Waals surface area (Å²) in [4.78, 5) is 0. The van der Waals surface area contributed by atoms with Gasteiger partial charge in [-0.25, -0.2) is 4.68 Å². The van der Waals surface area contributed by atoms with Gasteiger partial charge in [-0.3, -0.25) is 0 Å². The van der Waals surface area contributed by atoms with Crippen molar-refractivity contribution in [3.05, 3.63) is 95.3 Å². The molecule has 0 unspecified atom stereocenters. The summed E-state index contributed by atoms with van der Waals surface area (Å²) in [6, 6.07) is 21.0. The molecule has 0 amide bonds. The predicted molar refractivity (Wildman–Crippen MR) is 109 cm³/mol. The van der Waals surface area contributed by atoms with E-state index < -0.39 is 0 Å². The summed E-state index contributed by atoms with van der Waals surface area (Å²) in [5.41, 5.74) is 5.04. The molecule has 0 saturated heterocycles. The van der Waals surface area contributed by atoms with Crippen molar-refractivity contribution < 1.29 is 0 Å². The van der Waals surface area contributed by atoms with E-state index in [0.29, 0.717) is 0 Å². The maximum Gasteiger partial charge on any atom is 0.0553 e. The largest absolute Gasteiger partial charge is 0.248 e. The number of nitrogens with zero attached hydrogens (tertiary/aromatic N) is 2. The fourth-order valence-electron chi connectivity index (χ4n) is 3.01. The minimum atomic E-state index is -0.0390. The molecule has 2 nitrogen and oxygen atoms in total. The van der Waals surface area contributed by atoms with E-state index in [1.54, 1.807) is 0 Å². The van der Waals surface area contributed by atoms with E-state index in [4.69, 9.17) is 0 Å². The van der Waals surface area contributed by atoms with Crippen molar-refractivity contribution in [1.82, 2.24) is 4.68 Å². The number of rotatable bonds is 4. The van der Waals surface area contributed by atoms with Crippen molar-refractivity contribution in [3.8, 4) is 0 Å². The first-order valence-electron chi connectivity index (χ1n) is 8.92. The molecule has 3 rings (SSSR count). The standard InChI is InChI=1S/C21H22N2.C2H6/c1-17-18(16-22-23-14-7-8-15-23)10-9-13-20(17)21(2,3)19-11-5-4-6-12-19;1-2/h4-16H,1-3H3;1-2H3/b22-16+;. The first-order valence-corrected chi connectivity index (χ1v) is 8.92. The molecule has 0 radical (unpaired) electrons. The third-order valence-corrected chi connectivity index (χ3v) is 4.46. The van der Waals surface area contributed by atoms with E-state index in [0.717, 1.165) is 5.56 Å². The first-order chi connectivity index (χ1) is 12.1. The first kappa shape index (κ1) is 18.7. The Morgan fingerprint density at radius 2 is 1.48 bits per heavy atom. The molecule has 0 spiro atoms. The number of hydrogen-bond acceptors (Lipinski definition) is 1. The molecule has 0 N–H and O–H groups in total. The van der Waals surface area contributed by atoms with Crippen LogP contribution in [0.1, 0.15) is 49.9 Å². The molecule has 2 heteroatoms. The van der Waals surface area contributed by atoms with Crippen LogP contribution in [0.15, 0.2) is 78.2 Å². The lowest BCUT2D eigenvalue weighted by atomic mass is 9.75. The average Bonchev–Trinajstić information content (AvgIpc) is 3.17. The third-order valence-electron chi connectivity index (χ3n) is 4.46. The van der Waals surface area contributed by atoms with Crippen molar-refractivity contribution in [2.45, 2.75) is 40.0 Å². The van der Waals surface area contributed by atoms with Gasteiger partial charge in [0.25, 0.3) is 0 Å². The van der Waals surface area contributed by atoms with Crippen molar-refractivity contribution >= 4 is 6.21 Å². The van der Waals surface area contributed by atoms with E-state index in [1.165, 1.54) is 16.7 Å². The van der Waals surface area contributed by atoms with Crippen LogP contribution in [0, 0.1) is 6.92 Å². The van der Waals surface area contributed by atoms with Gasteiger partial charge in [0.2, 0.25) is 0 Å². The van der Waals surface area contributed by atoms with Crippen LogP contribution in [0.5, 0.6) is 0 Å². The van der Waals surface area contributed by atoms with Crippen LogP contribution in [-0.2, 0) is 5.41 Å². The third kappa shape index (κ3) is 4.27. The van der Waals surface area contributed by atoms with Crippen molar-refractivity contribution in [1.29, 1.82) is 0 Å². The van der Waals surface area contributed by atoms with Gasteiger partial charge in [-0.2, -0.15) is 5.10 Å².